The molecule has 0 aliphatic heterocycles. The van der Waals surface area contributed by atoms with Crippen molar-refractivity contribution in [3.05, 3.63) is 0 Å². The van der Waals surface area contributed by atoms with Crippen LogP contribution in [0.25, 0.3) is 0 Å². The van der Waals surface area contributed by atoms with E-state index in [1.54, 1.807) is 15.7 Å². The summed E-state index contributed by atoms with van der Waals surface area (Å²) in [6, 6.07) is 0. The number of carbonyl (C=O) groups is 3. The summed E-state index contributed by atoms with van der Waals surface area (Å²) >= 11 is 0. The van der Waals surface area contributed by atoms with Crippen molar-refractivity contribution in [3.63, 3.8) is 0 Å². The molecule has 0 unspecified atom stereocenters. The summed E-state index contributed by atoms with van der Waals surface area (Å²) in [6.07, 6.45) is 0.792. The second-order valence-electron chi connectivity index (χ2n) is 3.18. The van der Waals surface area contributed by atoms with Crippen molar-refractivity contribution in [2.75, 3.05) is 19.6 Å². The highest BCUT2D eigenvalue weighted by atomic mass is 16.2. The van der Waals surface area contributed by atoms with Gasteiger partial charge in [-0.15, -0.1) is 0 Å². The summed E-state index contributed by atoms with van der Waals surface area (Å²) in [7, 11) is 3.47. The third kappa shape index (κ3) is 7.90. The van der Waals surface area contributed by atoms with Gasteiger partial charge in [-0.2, -0.15) is 0 Å². The Morgan fingerprint density at radius 1 is 0.750 bits per heavy atom. The van der Waals surface area contributed by atoms with Crippen LogP contribution in [0.5, 0.6) is 0 Å². The zero-order chi connectivity index (χ0) is 12.4. The molecule has 0 bridgehead atoms. The molecule has 3 N–H and O–H groups in total. The quantitative estimate of drug-likeness (QED) is 0.309. The SMILES string of the molecule is BCC(=O)NCCNC(=O)CNC(=O)CB. The molecule has 0 spiro atoms. The monoisotopic (exact) mass is 225 g/mol. The second-order valence-corrected chi connectivity index (χ2v) is 3.18. The third-order valence-corrected chi connectivity index (χ3v) is 1.86. The van der Waals surface area contributed by atoms with Gasteiger partial charge in [0.2, 0.25) is 17.7 Å². The van der Waals surface area contributed by atoms with Gasteiger partial charge in [-0.3, -0.25) is 14.4 Å². The van der Waals surface area contributed by atoms with Crippen LogP contribution in [0.1, 0.15) is 0 Å². The van der Waals surface area contributed by atoms with Crippen LogP contribution < -0.4 is 16.0 Å². The molecular weight excluding hydrogens is 208 g/mol. The molecule has 0 fully saturated rings. The Labute approximate surface area is 96.7 Å². The highest BCUT2D eigenvalue weighted by molar-refractivity contribution is 6.20. The molecule has 0 radical (unpaired) electrons. The summed E-state index contributed by atoms with van der Waals surface area (Å²) < 4.78 is 0. The molecule has 0 saturated carbocycles. The molecule has 0 rings (SSSR count). The van der Waals surface area contributed by atoms with Gasteiger partial charge in [-0.1, -0.05) is 0 Å². The zero-order valence-corrected chi connectivity index (χ0v) is 9.76. The first-order valence-corrected chi connectivity index (χ1v) is 5.40. The van der Waals surface area contributed by atoms with Crippen molar-refractivity contribution in [2.24, 2.45) is 0 Å². The molecule has 16 heavy (non-hydrogen) atoms. The molecule has 8 heteroatoms. The molecule has 0 aromatic carbocycles. The molecular formula is C8H17B2N3O3. The van der Waals surface area contributed by atoms with Crippen molar-refractivity contribution in [1.82, 2.24) is 16.0 Å². The Balaban J connectivity index is 3.44. The van der Waals surface area contributed by atoms with Gasteiger partial charge in [-0.25, -0.2) is 0 Å². The van der Waals surface area contributed by atoms with E-state index in [4.69, 9.17) is 0 Å². The van der Waals surface area contributed by atoms with Gasteiger partial charge in [0.25, 0.3) is 0 Å². The van der Waals surface area contributed by atoms with Crippen LogP contribution in [-0.2, 0) is 14.4 Å². The van der Waals surface area contributed by atoms with Crippen molar-refractivity contribution in [3.8, 4) is 0 Å². The lowest BCUT2D eigenvalue weighted by Crippen LogP contribution is -2.40. The van der Waals surface area contributed by atoms with E-state index in [1.165, 1.54) is 0 Å². The average Bonchev–Trinajstić information content (AvgIpc) is 2.31. The topological polar surface area (TPSA) is 87.3 Å². The van der Waals surface area contributed by atoms with Crippen molar-refractivity contribution < 1.29 is 14.4 Å². The molecule has 0 heterocycles. The van der Waals surface area contributed by atoms with E-state index in [1.807, 2.05) is 0 Å². The average molecular weight is 225 g/mol. The molecule has 6 nitrogen and oxygen atoms in total. The van der Waals surface area contributed by atoms with E-state index in [-0.39, 0.29) is 24.3 Å². The largest absolute Gasteiger partial charge is 0.355 e. The van der Waals surface area contributed by atoms with Crippen molar-refractivity contribution in [2.45, 2.75) is 12.6 Å². The summed E-state index contributed by atoms with van der Waals surface area (Å²) in [6.45, 7) is 0.751. The third-order valence-electron chi connectivity index (χ3n) is 1.86. The van der Waals surface area contributed by atoms with Crippen LogP contribution in [0, 0.1) is 0 Å². The molecule has 3 amide bonds. The summed E-state index contributed by atoms with van der Waals surface area (Å²) in [5.41, 5.74) is 0. The molecule has 0 aromatic rings. The van der Waals surface area contributed by atoms with Crippen LogP contribution in [0.2, 0.25) is 12.6 Å². The zero-order valence-electron chi connectivity index (χ0n) is 9.76. The molecule has 88 valence electrons. The Kier molecular flexibility index (Phi) is 8.01. The van der Waals surface area contributed by atoms with Gasteiger partial charge >= 0.3 is 0 Å². The predicted molar refractivity (Wildman–Crippen MR) is 65.7 cm³/mol. The van der Waals surface area contributed by atoms with Crippen molar-refractivity contribution >= 4 is 33.4 Å². The molecule has 0 aliphatic rings. The van der Waals surface area contributed by atoms with Gasteiger partial charge in [0.05, 0.1) is 6.54 Å². The molecule has 0 saturated heterocycles. The normalized spacial score (nSPS) is 9.25. The summed E-state index contributed by atoms with van der Waals surface area (Å²) in [4.78, 5) is 32.8. The number of rotatable bonds is 7. The number of carbonyl (C=O) groups excluding carboxylic acids is 3. The van der Waals surface area contributed by atoms with Crippen molar-refractivity contribution in [1.29, 1.82) is 0 Å². The fourth-order valence-corrected chi connectivity index (χ4v) is 0.895. The van der Waals surface area contributed by atoms with Crippen LogP contribution in [0.4, 0.5) is 0 Å². The van der Waals surface area contributed by atoms with E-state index < -0.39 is 0 Å². The standard InChI is InChI=1S/C8H17B2N3O3/c9-3-6(14)11-1-2-12-8(16)5-13-7(15)4-10/h1-5,9-10H2,(H,11,14)(H,12,16)(H,13,15). The number of hydrogen-bond donors (Lipinski definition) is 3. The lowest BCUT2D eigenvalue weighted by Gasteiger charge is -2.06. The van der Waals surface area contributed by atoms with Gasteiger partial charge < -0.3 is 16.0 Å². The molecule has 0 atom stereocenters. The van der Waals surface area contributed by atoms with Crippen LogP contribution >= 0.6 is 0 Å². The predicted octanol–water partition coefficient (Wildman–Crippen LogP) is -3.56. The lowest BCUT2D eigenvalue weighted by molar-refractivity contribution is -0.125. The smallest absolute Gasteiger partial charge is 0.239 e. The van der Waals surface area contributed by atoms with Gasteiger partial charge in [-0.05, 0) is 12.6 Å². The Morgan fingerprint density at radius 2 is 1.19 bits per heavy atom. The maximum atomic E-state index is 11.1. The van der Waals surface area contributed by atoms with E-state index in [0.717, 1.165) is 0 Å². The minimum atomic E-state index is -0.257. The van der Waals surface area contributed by atoms with Crippen LogP contribution in [0.15, 0.2) is 0 Å². The highest BCUT2D eigenvalue weighted by Crippen LogP contribution is 1.73. The van der Waals surface area contributed by atoms with Gasteiger partial charge in [0.15, 0.2) is 0 Å². The Hall–Kier alpha value is -1.46. The summed E-state index contributed by atoms with van der Waals surface area (Å²) in [5.74, 6) is -0.462. The van der Waals surface area contributed by atoms with Crippen LogP contribution in [0.3, 0.4) is 0 Å². The van der Waals surface area contributed by atoms with Crippen LogP contribution in [-0.4, -0.2) is 53.0 Å². The number of amides is 3. The first-order chi connectivity index (χ1) is 7.60. The van der Waals surface area contributed by atoms with E-state index in [2.05, 4.69) is 16.0 Å². The minimum absolute atomic E-state index is 0.0194. The van der Waals surface area contributed by atoms with E-state index in [9.17, 15) is 14.4 Å². The number of hydrogen-bond acceptors (Lipinski definition) is 3. The van der Waals surface area contributed by atoms with E-state index in [0.29, 0.717) is 25.7 Å². The molecule has 0 aliphatic carbocycles. The highest BCUT2D eigenvalue weighted by Gasteiger charge is 2.02. The lowest BCUT2D eigenvalue weighted by atomic mass is 10.1. The Bertz CT molecular complexity index is 261. The fraction of sp³-hybridized carbons (Fsp3) is 0.625. The van der Waals surface area contributed by atoms with E-state index >= 15 is 0 Å². The summed E-state index contributed by atoms with van der Waals surface area (Å²) in [5, 5.41) is 7.65. The molecule has 0 aromatic heterocycles. The minimum Gasteiger partial charge on any atom is -0.355 e. The van der Waals surface area contributed by atoms with Gasteiger partial charge in [0.1, 0.15) is 15.7 Å². The second kappa shape index (κ2) is 8.82. The fourth-order valence-electron chi connectivity index (χ4n) is 0.895. The van der Waals surface area contributed by atoms with Gasteiger partial charge in [0, 0.05) is 13.1 Å². The Morgan fingerprint density at radius 3 is 1.69 bits per heavy atom. The number of nitrogens with one attached hydrogen (secondary N) is 3. The maximum absolute atomic E-state index is 11.1. The first kappa shape index (κ1) is 14.5. The maximum Gasteiger partial charge on any atom is 0.239 e. The first-order valence-electron chi connectivity index (χ1n) is 5.40.